The molecule has 7 aromatic heterocycles. The summed E-state index contributed by atoms with van der Waals surface area (Å²) in [4.78, 5) is 105. The third-order valence-corrected chi connectivity index (χ3v) is 23.3. The van der Waals surface area contributed by atoms with Gasteiger partial charge in [-0.3, -0.25) is 54.9 Å². The van der Waals surface area contributed by atoms with Crippen LogP contribution in [-0.2, 0) is 77.8 Å². The topological polar surface area (TPSA) is 546 Å². The number of anilines is 2. The van der Waals surface area contributed by atoms with Gasteiger partial charge in [0.05, 0.1) is 51.5 Å². The van der Waals surface area contributed by atoms with Crippen molar-refractivity contribution in [1.29, 1.82) is 0 Å². The normalized spacial score (nSPS) is 32.2. The van der Waals surface area contributed by atoms with E-state index in [0.29, 0.717) is 6.20 Å². The largest absolute Gasteiger partial charge is 0.472 e. The Bertz CT molecular complexity index is 4600. The van der Waals surface area contributed by atoms with Gasteiger partial charge in [-0.2, -0.15) is 0 Å². The van der Waals surface area contributed by atoms with Gasteiger partial charge < -0.3 is 89.2 Å². The second-order valence-corrected chi connectivity index (χ2v) is 36.3. The van der Waals surface area contributed by atoms with Gasteiger partial charge in [0.15, 0.2) is 85.8 Å². The number of aromatic amines is 1. The van der Waals surface area contributed by atoms with Crippen molar-refractivity contribution in [2.24, 2.45) is 16.6 Å². The Balaban J connectivity index is 0.000000222. The van der Waals surface area contributed by atoms with E-state index in [9.17, 15) is 61.3 Å². The number of carbonyl (C=O) groups excluding carboxylic acids is 1. The number of primary amides is 1. The number of nitrogens with one attached hydrogen (secondary N) is 1. The number of carbonyl (C=O) groups is 1. The quantitative estimate of drug-likeness (QED) is 0.0251. The summed E-state index contributed by atoms with van der Waals surface area (Å²) >= 11 is 0. The maximum absolute atomic E-state index is 15.9. The number of fused-ring (bicyclic) bond motifs is 9. The van der Waals surface area contributed by atoms with Gasteiger partial charge in [0.1, 0.15) is 89.3 Å². The molecule has 13 heterocycles. The molecule has 12 N–H and O–H groups in total. The van der Waals surface area contributed by atoms with Crippen molar-refractivity contribution >= 4 is 103 Å². The summed E-state index contributed by atoms with van der Waals surface area (Å²) in [7, 11) is -21.7. The van der Waals surface area contributed by atoms with Gasteiger partial charge in [0.2, 0.25) is 0 Å². The third-order valence-electron chi connectivity index (χ3n) is 18.2. The fraction of sp³-hybridized carbons (Fsp3) is 0.639. The Labute approximate surface area is 640 Å². The number of nitrogens with zero attached hydrogens (tertiary/aromatic N) is 14. The molecule has 42 nitrogen and oxygen atoms in total. The maximum atomic E-state index is 15.9. The predicted octanol–water partition coefficient (Wildman–Crippen LogP) is 6.26. The van der Waals surface area contributed by atoms with Gasteiger partial charge in [-0.05, 0) is 72.6 Å². The second kappa shape index (κ2) is 38.1. The molecule has 1 amide bonds. The first-order valence-electron chi connectivity index (χ1n) is 34.9. The number of nitrogen functional groups attached to an aromatic ring is 2. The van der Waals surface area contributed by atoms with Crippen molar-refractivity contribution in [3.05, 3.63) is 71.6 Å². The first-order chi connectivity index (χ1) is 52.3. The lowest BCUT2D eigenvalue weighted by Crippen LogP contribution is -2.35. The van der Waals surface area contributed by atoms with Crippen LogP contribution in [0.1, 0.15) is 98.1 Å². The zero-order chi connectivity index (χ0) is 81.6. The molecule has 0 aliphatic carbocycles. The van der Waals surface area contributed by atoms with Crippen LogP contribution in [0.4, 0.5) is 35.0 Å². The molecule has 6 aliphatic rings. The SMILES string of the molecule is C.C=Nc1c(C(N)=O)c(F)cn1[C@@H]1O[C@@H]2COP(=O)(O)O[C@H]3[C@@H](F)[C@H](n4cnc5c(N)ncnc54)O[C@@H]3COP(=O)(O)O[C@@H]1[C@@H]2O.CCN(CC)CC.CCN(CC)CC.CCO[Si](C)(C)C.C[C@H]1[C@H]2OP(=O)(O)OC[C@H]3O[C@@H](n4cnc5c(N)ncnc54)[C@H](F)[C@@H]3OP(=O)(O)OC[C@H]1O[C@H]2n1cc(F)c2c(=O)[nH]cnc21. The number of H-pyrrole nitrogens is 1. The molecule has 0 radical (unpaired) electrons. The lowest BCUT2D eigenvalue weighted by atomic mass is 10.0. The minimum Gasteiger partial charge on any atom is -0.418 e. The van der Waals surface area contributed by atoms with Crippen molar-refractivity contribution in [1.82, 2.24) is 67.9 Å². The number of imidazole rings is 2. The number of rotatable bonds is 14. The van der Waals surface area contributed by atoms with Crippen LogP contribution >= 0.6 is 31.3 Å². The minimum absolute atomic E-state index is 0. The molecular weight excluding hydrogens is 1600 g/mol. The number of phosphoric acid groups is 4. The first-order valence-corrected chi connectivity index (χ1v) is 44.2. The van der Waals surface area contributed by atoms with Crippen LogP contribution < -0.4 is 22.8 Å². The van der Waals surface area contributed by atoms with E-state index in [1.54, 1.807) is 0 Å². The zero-order valence-electron chi connectivity index (χ0n) is 62.1. The summed E-state index contributed by atoms with van der Waals surface area (Å²) in [6.07, 6.45) is -18.5. The number of aliphatic imine (C=N–C) groups is 1. The van der Waals surface area contributed by atoms with Crippen molar-refractivity contribution in [2.45, 2.75) is 175 Å². The lowest BCUT2D eigenvalue weighted by Gasteiger charge is -2.26. The molecule has 0 spiro atoms. The second-order valence-electron chi connectivity index (χ2n) is 26.2. The molecule has 13 rings (SSSR count). The number of alkyl halides is 2. The van der Waals surface area contributed by atoms with Crippen LogP contribution in [0.15, 0.2) is 53.8 Å². The number of hydrogen-bond acceptors (Lipinski definition) is 32. The molecule has 6 fully saturated rings. The highest BCUT2D eigenvalue weighted by molar-refractivity contribution is 7.48. The third kappa shape index (κ3) is 21.1. The number of ether oxygens (including phenoxy) is 4. The van der Waals surface area contributed by atoms with E-state index in [4.69, 9.17) is 76.8 Å². The van der Waals surface area contributed by atoms with Crippen LogP contribution in [0.2, 0.25) is 19.6 Å². The van der Waals surface area contributed by atoms with Crippen molar-refractivity contribution in [3.8, 4) is 0 Å². The van der Waals surface area contributed by atoms with Crippen molar-refractivity contribution in [2.75, 3.05) is 83.8 Å². The summed E-state index contributed by atoms with van der Waals surface area (Å²) in [5.41, 5.74) is 15.5. The number of hydrogen-bond donors (Lipinski definition) is 9. The lowest BCUT2D eigenvalue weighted by molar-refractivity contribution is -0.0675. The average molecular weight is 1690 g/mol. The molecule has 6 aliphatic heterocycles. The van der Waals surface area contributed by atoms with Crippen molar-refractivity contribution in [3.63, 3.8) is 0 Å². The van der Waals surface area contributed by atoms with Gasteiger partial charge in [-0.1, -0.05) is 55.9 Å². The Morgan fingerprint density at radius 3 is 1.42 bits per heavy atom. The molecule has 7 aromatic rings. The molecule has 6 saturated heterocycles. The van der Waals surface area contributed by atoms with Gasteiger partial charge in [-0.15, -0.1) is 0 Å². The van der Waals surface area contributed by atoms with Crippen LogP contribution in [0.25, 0.3) is 33.4 Å². The molecule has 0 saturated carbocycles. The van der Waals surface area contributed by atoms with Crippen LogP contribution in [0.3, 0.4) is 0 Å². The molecular formula is C61H96F4N18O24P4Si. The van der Waals surface area contributed by atoms with E-state index >= 15 is 8.78 Å². The highest BCUT2D eigenvalue weighted by Crippen LogP contribution is 2.57. The molecule has 4 unspecified atom stereocenters. The highest BCUT2D eigenvalue weighted by atomic mass is 31.2. The van der Waals surface area contributed by atoms with E-state index in [2.05, 4.69) is 123 Å². The standard InChI is InChI=1S/C22H24F2N8O11P2.C21H24F2N8O12P2.2C6H15N.C5H14OSi.CH4/c1-8-10-3-38-45(36,37)43-16-11(41-21(13(16)24)32-7-30-14-17(25)26-5-28-19(14)32)4-39-44(34,35)42-15(8)22(40-10)31-2-9(23)12-18(31)27-6-29-20(12)33;1-26-18-10(17(25)33)7(22)2-30(18)21-15-13(32)8(40-21)3-38-44(34,35)42-14-9(4-39-45(36,37)43-15)41-20(11(14)23)31-6-29-12-16(24)27-5-28-19(12)31;2*1-4-7(5-2)6-3;1-5-6-7(2,3)4;/h2,5-8,10-11,13,15-16,21-22H,3-4H2,1H3,(H,34,35)(H,36,37)(H2,25,26,28)(H,27,29,33);2,5-6,8-9,11,13-15,20-21,32H,1,3-4H2,(H2,25,33)(H,34,35)(H,36,37)(H2,24,27,28);2*4-6H2,1-3H3;5H2,1-4H3;1H4/t8-,10-,11-,13-,15-,16-,21-,22-;8-,9-,11-,13-,14-,15-,20-,21-;;;;/m11..../s1. The molecule has 4 bridgehead atoms. The number of halogens is 4. The smallest absolute Gasteiger partial charge is 0.418 e. The van der Waals surface area contributed by atoms with Gasteiger partial charge in [0.25, 0.3) is 11.5 Å². The summed E-state index contributed by atoms with van der Waals surface area (Å²) < 4.78 is 187. The minimum atomic E-state index is -5.24. The van der Waals surface area contributed by atoms with E-state index in [-0.39, 0.29) is 47.0 Å². The number of aromatic nitrogens is 12. The predicted molar refractivity (Wildman–Crippen MR) is 394 cm³/mol. The van der Waals surface area contributed by atoms with E-state index < -0.39 is 204 Å². The number of phosphoric ester groups is 4. The van der Waals surface area contributed by atoms with Gasteiger partial charge in [0, 0.05) is 24.9 Å². The molecule has 0 aromatic carbocycles. The van der Waals surface area contributed by atoms with Crippen LogP contribution in [-0.4, -0.2) is 253 Å². The number of aliphatic hydroxyl groups is 1. The monoisotopic (exact) mass is 1690 g/mol. The maximum Gasteiger partial charge on any atom is 0.472 e. The fourth-order valence-corrected chi connectivity index (χ4v) is 17.3. The van der Waals surface area contributed by atoms with E-state index in [1.807, 2.05) is 6.92 Å². The van der Waals surface area contributed by atoms with Crippen LogP contribution in [0, 0.1) is 17.6 Å². The van der Waals surface area contributed by atoms with Crippen LogP contribution in [0.5, 0.6) is 0 Å². The molecule has 112 heavy (non-hydrogen) atoms. The number of aliphatic hydroxyl groups excluding tert-OH is 1. The molecule has 20 atom stereocenters. The zero-order valence-corrected chi connectivity index (χ0v) is 66.6. The van der Waals surface area contributed by atoms with Gasteiger partial charge >= 0.3 is 31.3 Å². The summed E-state index contributed by atoms with van der Waals surface area (Å²) in [5.74, 6) is -4.74. The Morgan fingerprint density at radius 1 is 0.607 bits per heavy atom. The highest BCUT2D eigenvalue weighted by Gasteiger charge is 2.57. The van der Waals surface area contributed by atoms with E-state index in [0.717, 1.165) is 62.7 Å². The number of nitrogens with two attached hydrogens (primary N) is 3. The summed E-state index contributed by atoms with van der Waals surface area (Å²) in [5, 5.41) is 10.5. The summed E-state index contributed by atoms with van der Waals surface area (Å²) in [6, 6.07) is 0. The molecule has 51 heteroatoms. The fourth-order valence-electron chi connectivity index (χ4n) is 12.6. The Hall–Kier alpha value is -6.40. The Kier molecular flexibility index (Phi) is 31.0. The first kappa shape index (κ1) is 91.1. The molecule has 626 valence electrons. The van der Waals surface area contributed by atoms with Crippen molar-refractivity contribution < 1.29 is 125 Å². The number of amides is 1. The van der Waals surface area contributed by atoms with E-state index in [1.165, 1.54) is 46.2 Å². The summed E-state index contributed by atoms with van der Waals surface area (Å²) in [6.45, 7) is 31.1. The Morgan fingerprint density at radius 2 is 1.01 bits per heavy atom. The average Bonchev–Trinajstić information content (AvgIpc) is 1.61. The van der Waals surface area contributed by atoms with Gasteiger partial charge in [-0.25, -0.2) is 75.7 Å².